The van der Waals surface area contributed by atoms with E-state index >= 15 is 0 Å². The maximum absolute atomic E-state index is 12.9. The van der Waals surface area contributed by atoms with Crippen LogP contribution in [-0.2, 0) is 29.1 Å². The first-order valence-electron chi connectivity index (χ1n) is 12.6. The Morgan fingerprint density at radius 2 is 1.57 bits per heavy atom. The molecule has 0 radical (unpaired) electrons. The lowest BCUT2D eigenvalue weighted by Crippen LogP contribution is -2.19. The van der Waals surface area contributed by atoms with Gasteiger partial charge in [0.1, 0.15) is 23.7 Å². The number of esters is 1. The Hall–Kier alpha value is -3.83. The maximum atomic E-state index is 12.9. The number of rotatable bonds is 15. The van der Waals surface area contributed by atoms with Crippen LogP contribution < -0.4 is 4.74 Å². The summed E-state index contributed by atoms with van der Waals surface area (Å²) in [5.74, 6) is -0.243. The van der Waals surface area contributed by atoms with E-state index < -0.39 is 5.97 Å². The zero-order chi connectivity index (χ0) is 26.5. The van der Waals surface area contributed by atoms with Gasteiger partial charge in [0.25, 0.3) is 0 Å². The average Bonchev–Trinajstić information content (AvgIpc) is 2.91. The third-order valence-electron chi connectivity index (χ3n) is 5.96. The molecule has 194 valence electrons. The molecule has 5 heteroatoms. The quantitative estimate of drug-likeness (QED) is 0.177. The summed E-state index contributed by atoms with van der Waals surface area (Å²) in [6.45, 7) is 10.3. The highest BCUT2D eigenvalue weighted by Gasteiger charge is 2.20. The lowest BCUT2D eigenvalue weighted by molar-refractivity contribution is 0.0125. The summed E-state index contributed by atoms with van der Waals surface area (Å²) < 4.78 is 17.7. The molecule has 0 aromatic heterocycles. The Labute approximate surface area is 220 Å². The number of phenols is 1. The second-order valence-electron chi connectivity index (χ2n) is 8.98. The van der Waals surface area contributed by atoms with Crippen molar-refractivity contribution < 1.29 is 24.1 Å². The number of aromatic hydroxyl groups is 1. The number of carbonyl (C=O) groups is 1. The molecule has 0 bridgehead atoms. The maximum Gasteiger partial charge on any atom is 0.342 e. The lowest BCUT2D eigenvalue weighted by atomic mass is 10.0. The minimum Gasteiger partial charge on any atom is -0.507 e. The molecule has 0 spiro atoms. The SMILES string of the molecule is C=CCc1cc(C(=O)O[C@H](C)CC[C@H](CC=C)OCc2ccccc2)c(O)cc1OCc1ccccc1. The number of carbonyl (C=O) groups excluding carboxylic acids is 1. The normalized spacial score (nSPS) is 12.4. The monoisotopic (exact) mass is 500 g/mol. The molecule has 0 heterocycles. The number of allylic oxidation sites excluding steroid dienone is 1. The van der Waals surface area contributed by atoms with Gasteiger partial charge >= 0.3 is 5.97 Å². The second kappa shape index (κ2) is 14.7. The molecular weight excluding hydrogens is 464 g/mol. The first kappa shape index (κ1) is 27.8. The molecule has 0 saturated carbocycles. The van der Waals surface area contributed by atoms with Crippen molar-refractivity contribution in [1.82, 2.24) is 0 Å². The van der Waals surface area contributed by atoms with E-state index in [1.807, 2.05) is 73.7 Å². The average molecular weight is 501 g/mol. The van der Waals surface area contributed by atoms with E-state index in [0.717, 1.165) is 16.7 Å². The van der Waals surface area contributed by atoms with E-state index in [0.29, 0.717) is 44.6 Å². The summed E-state index contributed by atoms with van der Waals surface area (Å²) in [5, 5.41) is 10.6. The van der Waals surface area contributed by atoms with Gasteiger partial charge in [-0.15, -0.1) is 13.2 Å². The van der Waals surface area contributed by atoms with Crippen molar-refractivity contribution in [2.24, 2.45) is 0 Å². The molecule has 0 unspecified atom stereocenters. The molecular formula is C32H36O5. The van der Waals surface area contributed by atoms with Crippen molar-refractivity contribution in [2.45, 2.75) is 58.0 Å². The number of ether oxygens (including phenoxy) is 3. The molecule has 0 fully saturated rings. The van der Waals surface area contributed by atoms with Crippen LogP contribution in [0.3, 0.4) is 0 Å². The molecule has 0 aliphatic carbocycles. The smallest absolute Gasteiger partial charge is 0.342 e. The number of phenolic OH excluding ortho intramolecular Hbond substituents is 1. The van der Waals surface area contributed by atoms with E-state index in [1.165, 1.54) is 6.07 Å². The van der Waals surface area contributed by atoms with Gasteiger partial charge in [-0.1, -0.05) is 72.8 Å². The van der Waals surface area contributed by atoms with Crippen molar-refractivity contribution in [1.29, 1.82) is 0 Å². The minimum atomic E-state index is -0.574. The van der Waals surface area contributed by atoms with Crippen molar-refractivity contribution >= 4 is 5.97 Å². The van der Waals surface area contributed by atoms with Crippen LogP contribution in [0.1, 0.15) is 53.2 Å². The molecule has 0 aliphatic rings. The Morgan fingerprint density at radius 1 is 0.919 bits per heavy atom. The van der Waals surface area contributed by atoms with E-state index in [4.69, 9.17) is 14.2 Å². The first-order valence-corrected chi connectivity index (χ1v) is 12.6. The Kier molecular flexibility index (Phi) is 11.0. The van der Waals surface area contributed by atoms with E-state index in [2.05, 4.69) is 13.2 Å². The van der Waals surface area contributed by atoms with Crippen molar-refractivity contribution in [3.8, 4) is 11.5 Å². The highest BCUT2D eigenvalue weighted by Crippen LogP contribution is 2.31. The Morgan fingerprint density at radius 3 is 2.19 bits per heavy atom. The molecule has 3 aromatic carbocycles. The highest BCUT2D eigenvalue weighted by molar-refractivity contribution is 5.93. The summed E-state index contributed by atoms with van der Waals surface area (Å²) in [7, 11) is 0. The molecule has 37 heavy (non-hydrogen) atoms. The molecule has 0 amide bonds. The van der Waals surface area contributed by atoms with Gasteiger partial charge in [0, 0.05) is 6.07 Å². The fourth-order valence-electron chi connectivity index (χ4n) is 3.93. The zero-order valence-electron chi connectivity index (χ0n) is 21.5. The van der Waals surface area contributed by atoms with Gasteiger partial charge in [0.2, 0.25) is 0 Å². The van der Waals surface area contributed by atoms with Crippen molar-refractivity contribution in [3.63, 3.8) is 0 Å². The van der Waals surface area contributed by atoms with Gasteiger partial charge in [-0.2, -0.15) is 0 Å². The van der Waals surface area contributed by atoms with Crippen LogP contribution in [0.25, 0.3) is 0 Å². The third kappa shape index (κ3) is 8.96. The Balaban J connectivity index is 1.58. The first-order chi connectivity index (χ1) is 18.0. The fourth-order valence-corrected chi connectivity index (χ4v) is 3.93. The summed E-state index contributed by atoms with van der Waals surface area (Å²) >= 11 is 0. The minimum absolute atomic E-state index is 0.0208. The zero-order valence-corrected chi connectivity index (χ0v) is 21.5. The van der Waals surface area contributed by atoms with Gasteiger partial charge in [0.05, 0.1) is 18.8 Å². The number of hydrogen-bond acceptors (Lipinski definition) is 5. The third-order valence-corrected chi connectivity index (χ3v) is 5.96. The summed E-state index contributed by atoms with van der Waals surface area (Å²) in [6.07, 6.45) is 5.74. The molecule has 3 aromatic rings. The Bertz CT molecular complexity index is 1140. The molecule has 0 aliphatic heterocycles. The standard InChI is InChI=1S/C32H36O5/c1-4-12-27-20-29(30(33)21-31(27)36-23-26-16-10-7-11-17-26)32(34)37-24(3)18-19-28(13-5-2)35-22-25-14-8-6-9-15-25/h4-11,14-17,20-21,24,28,33H,1-2,12-13,18-19,22-23H2,3H3/t24-,28+/m1/s1. The van der Waals surface area contributed by atoms with E-state index in [-0.39, 0.29) is 23.5 Å². The van der Waals surface area contributed by atoms with Crippen molar-refractivity contribution in [3.05, 3.63) is 120 Å². The lowest BCUT2D eigenvalue weighted by Gasteiger charge is -2.20. The van der Waals surface area contributed by atoms with Crippen LogP contribution in [0.5, 0.6) is 11.5 Å². The molecule has 5 nitrogen and oxygen atoms in total. The molecule has 2 atom stereocenters. The van der Waals surface area contributed by atoms with E-state index in [9.17, 15) is 9.90 Å². The van der Waals surface area contributed by atoms with Gasteiger partial charge in [-0.3, -0.25) is 0 Å². The van der Waals surface area contributed by atoms with Crippen molar-refractivity contribution in [2.75, 3.05) is 0 Å². The van der Waals surface area contributed by atoms with Gasteiger partial charge in [-0.05, 0) is 55.4 Å². The van der Waals surface area contributed by atoms with Crippen LogP contribution in [0.4, 0.5) is 0 Å². The molecule has 3 rings (SSSR count). The highest BCUT2D eigenvalue weighted by atomic mass is 16.5. The van der Waals surface area contributed by atoms with Crippen LogP contribution in [-0.4, -0.2) is 23.3 Å². The van der Waals surface area contributed by atoms with Gasteiger partial charge in [-0.25, -0.2) is 4.79 Å². The topological polar surface area (TPSA) is 65.0 Å². The largest absolute Gasteiger partial charge is 0.507 e. The fraction of sp³-hybridized carbons (Fsp3) is 0.281. The number of benzene rings is 3. The van der Waals surface area contributed by atoms with E-state index in [1.54, 1.807) is 12.1 Å². The summed E-state index contributed by atoms with van der Waals surface area (Å²) in [4.78, 5) is 12.9. The van der Waals surface area contributed by atoms with Crippen LogP contribution in [0.15, 0.2) is 98.1 Å². The van der Waals surface area contributed by atoms with Crippen LogP contribution in [0, 0.1) is 0 Å². The predicted octanol–water partition coefficient (Wildman–Crippen LogP) is 7.19. The predicted molar refractivity (Wildman–Crippen MR) is 147 cm³/mol. The van der Waals surface area contributed by atoms with Crippen LogP contribution >= 0.6 is 0 Å². The van der Waals surface area contributed by atoms with Crippen LogP contribution in [0.2, 0.25) is 0 Å². The van der Waals surface area contributed by atoms with Gasteiger partial charge in [0.15, 0.2) is 0 Å². The second-order valence-corrected chi connectivity index (χ2v) is 8.98. The summed E-state index contributed by atoms with van der Waals surface area (Å²) in [6, 6.07) is 22.9. The summed E-state index contributed by atoms with van der Waals surface area (Å²) in [5.41, 5.74) is 2.98. The molecule has 1 N–H and O–H groups in total. The molecule has 0 saturated heterocycles. The number of hydrogen-bond donors (Lipinski definition) is 1. The van der Waals surface area contributed by atoms with Gasteiger partial charge < -0.3 is 19.3 Å².